The molecule has 0 saturated carbocycles. The number of nitrogens with one attached hydrogen (secondary N) is 1. The predicted molar refractivity (Wildman–Crippen MR) is 51.0 cm³/mol. The number of H-pyrrole nitrogens is 1. The van der Waals surface area contributed by atoms with Gasteiger partial charge in [-0.2, -0.15) is 18.2 Å². The summed E-state index contributed by atoms with van der Waals surface area (Å²) in [5, 5.41) is 5.00. The zero-order valence-electron chi connectivity index (χ0n) is 8.86. The first-order valence-electron chi connectivity index (χ1n) is 4.88. The van der Waals surface area contributed by atoms with Crippen LogP contribution in [0.5, 0.6) is 0 Å². The van der Waals surface area contributed by atoms with Crippen molar-refractivity contribution in [3.05, 3.63) is 5.82 Å². The molecule has 10 heteroatoms. The fraction of sp³-hybridized carbons (Fsp3) is 0.500. The van der Waals surface area contributed by atoms with Gasteiger partial charge in [0.25, 0.3) is 5.95 Å². The number of nitrogens with two attached hydrogens (primary N) is 1. The van der Waals surface area contributed by atoms with Gasteiger partial charge in [0.15, 0.2) is 0 Å². The van der Waals surface area contributed by atoms with Gasteiger partial charge in [0.2, 0.25) is 17.6 Å². The Morgan fingerprint density at radius 3 is 2.61 bits per heavy atom. The number of amides is 2. The van der Waals surface area contributed by atoms with E-state index in [2.05, 4.69) is 10.1 Å². The number of aromatic amines is 1. The van der Waals surface area contributed by atoms with Gasteiger partial charge in [0.1, 0.15) is 0 Å². The number of primary amides is 1. The van der Waals surface area contributed by atoms with E-state index in [0.29, 0.717) is 0 Å². The number of anilines is 1. The van der Waals surface area contributed by atoms with Crippen LogP contribution in [0, 0.1) is 5.92 Å². The van der Waals surface area contributed by atoms with E-state index in [0.717, 1.165) is 4.90 Å². The smallest absolute Gasteiger partial charge is 0.369 e. The van der Waals surface area contributed by atoms with Gasteiger partial charge in [-0.05, 0) is 0 Å². The van der Waals surface area contributed by atoms with Gasteiger partial charge in [0, 0.05) is 13.0 Å². The molecular formula is C8H8F3N5O2. The van der Waals surface area contributed by atoms with Crippen LogP contribution in [0.15, 0.2) is 0 Å². The lowest BCUT2D eigenvalue weighted by molar-refractivity contribution is -0.144. The molecule has 1 aliphatic heterocycles. The van der Waals surface area contributed by atoms with E-state index in [4.69, 9.17) is 5.73 Å². The van der Waals surface area contributed by atoms with Crippen LogP contribution in [0.4, 0.5) is 19.1 Å². The highest BCUT2D eigenvalue weighted by atomic mass is 19.4. The topological polar surface area (TPSA) is 105 Å². The molecule has 2 amide bonds. The normalized spacial score (nSPS) is 20.5. The largest absolute Gasteiger partial charge is 0.451 e. The number of aromatic nitrogens is 3. The maximum Gasteiger partial charge on any atom is 0.451 e. The van der Waals surface area contributed by atoms with Crippen molar-refractivity contribution in [3.63, 3.8) is 0 Å². The van der Waals surface area contributed by atoms with Crippen molar-refractivity contribution < 1.29 is 22.8 Å². The molecule has 1 fully saturated rings. The Hall–Kier alpha value is -2.13. The standard InChI is InChI=1S/C8H8F3N5O2/c9-8(10,11)6-13-7(15-14-6)16-2-3(5(12)18)1-4(16)17/h3H,1-2H2,(H2,12,18)(H,13,14,15). The van der Waals surface area contributed by atoms with E-state index in [-0.39, 0.29) is 13.0 Å². The SMILES string of the molecule is NC(=O)C1CC(=O)N(c2n[nH]c(C(F)(F)F)n2)C1. The number of rotatable bonds is 2. The van der Waals surface area contributed by atoms with Crippen LogP contribution in [0.2, 0.25) is 0 Å². The molecule has 1 atom stereocenters. The molecule has 0 aliphatic carbocycles. The van der Waals surface area contributed by atoms with E-state index < -0.39 is 35.7 Å². The van der Waals surface area contributed by atoms with Crippen molar-refractivity contribution in [2.45, 2.75) is 12.6 Å². The van der Waals surface area contributed by atoms with Crippen molar-refractivity contribution in [1.29, 1.82) is 0 Å². The monoisotopic (exact) mass is 263 g/mol. The fourth-order valence-corrected chi connectivity index (χ4v) is 1.59. The Morgan fingerprint density at radius 1 is 1.50 bits per heavy atom. The number of hydrogen-bond acceptors (Lipinski definition) is 4. The lowest BCUT2D eigenvalue weighted by Gasteiger charge is -2.10. The minimum Gasteiger partial charge on any atom is -0.369 e. The molecule has 1 aromatic heterocycles. The first-order valence-corrected chi connectivity index (χ1v) is 4.88. The summed E-state index contributed by atoms with van der Waals surface area (Å²) in [5.74, 6) is -3.65. The van der Waals surface area contributed by atoms with Gasteiger partial charge in [-0.3, -0.25) is 19.6 Å². The molecule has 2 rings (SSSR count). The number of carbonyl (C=O) groups excluding carboxylic acids is 2. The molecule has 3 N–H and O–H groups in total. The predicted octanol–water partition coefficient (Wildman–Crippen LogP) is -0.338. The zero-order valence-corrected chi connectivity index (χ0v) is 8.86. The summed E-state index contributed by atoms with van der Waals surface area (Å²) < 4.78 is 36.8. The Kier molecular flexibility index (Phi) is 2.71. The average molecular weight is 263 g/mol. The number of carbonyl (C=O) groups is 2. The molecule has 0 spiro atoms. The Morgan fingerprint density at radius 2 is 2.17 bits per heavy atom. The van der Waals surface area contributed by atoms with Crippen molar-refractivity contribution in [1.82, 2.24) is 15.2 Å². The number of nitrogens with zero attached hydrogens (tertiary/aromatic N) is 3. The lowest BCUT2D eigenvalue weighted by atomic mass is 10.1. The molecule has 7 nitrogen and oxygen atoms in total. The van der Waals surface area contributed by atoms with Crippen LogP contribution in [0.25, 0.3) is 0 Å². The highest BCUT2D eigenvalue weighted by Gasteiger charge is 2.39. The average Bonchev–Trinajstić information content (AvgIpc) is 2.81. The third kappa shape index (κ3) is 2.13. The second-order valence-corrected chi connectivity index (χ2v) is 3.79. The van der Waals surface area contributed by atoms with Gasteiger partial charge in [-0.25, -0.2) is 0 Å². The van der Waals surface area contributed by atoms with Crippen LogP contribution in [-0.2, 0) is 15.8 Å². The Labute approximate surface area is 98.2 Å². The third-order valence-electron chi connectivity index (χ3n) is 2.51. The van der Waals surface area contributed by atoms with E-state index in [1.165, 1.54) is 0 Å². The van der Waals surface area contributed by atoms with Gasteiger partial charge >= 0.3 is 6.18 Å². The first-order chi connectivity index (χ1) is 8.29. The van der Waals surface area contributed by atoms with Crippen LogP contribution in [-0.4, -0.2) is 33.5 Å². The van der Waals surface area contributed by atoms with Crippen LogP contribution in [0.1, 0.15) is 12.2 Å². The van der Waals surface area contributed by atoms with Gasteiger partial charge < -0.3 is 5.73 Å². The number of hydrogen-bond donors (Lipinski definition) is 2. The molecule has 1 aliphatic rings. The third-order valence-corrected chi connectivity index (χ3v) is 2.51. The Bertz CT molecular complexity index is 497. The highest BCUT2D eigenvalue weighted by Crippen LogP contribution is 2.28. The summed E-state index contributed by atoms with van der Waals surface area (Å²) >= 11 is 0. The summed E-state index contributed by atoms with van der Waals surface area (Å²) in [7, 11) is 0. The van der Waals surface area contributed by atoms with E-state index in [9.17, 15) is 22.8 Å². The first kappa shape index (κ1) is 12.3. The van der Waals surface area contributed by atoms with Crippen molar-refractivity contribution in [2.75, 3.05) is 11.4 Å². The van der Waals surface area contributed by atoms with Crippen molar-refractivity contribution in [3.8, 4) is 0 Å². The van der Waals surface area contributed by atoms with Gasteiger partial charge in [-0.15, -0.1) is 5.10 Å². The molecule has 98 valence electrons. The zero-order chi connectivity index (χ0) is 13.5. The fourth-order valence-electron chi connectivity index (χ4n) is 1.59. The summed E-state index contributed by atoms with van der Waals surface area (Å²) in [4.78, 5) is 26.5. The Balaban J connectivity index is 2.20. The van der Waals surface area contributed by atoms with Crippen LogP contribution >= 0.6 is 0 Å². The summed E-state index contributed by atoms with van der Waals surface area (Å²) in [6.07, 6.45) is -4.82. The molecule has 1 saturated heterocycles. The van der Waals surface area contributed by atoms with Crippen molar-refractivity contribution in [2.24, 2.45) is 11.7 Å². The minimum absolute atomic E-state index is 0.108. The summed E-state index contributed by atoms with van der Waals surface area (Å²) in [5.41, 5.74) is 5.03. The maximum atomic E-state index is 12.3. The molecular weight excluding hydrogens is 255 g/mol. The van der Waals surface area contributed by atoms with Gasteiger partial charge in [0.05, 0.1) is 5.92 Å². The van der Waals surface area contributed by atoms with E-state index in [1.54, 1.807) is 5.10 Å². The second kappa shape index (κ2) is 3.96. The van der Waals surface area contributed by atoms with Crippen LogP contribution in [0.3, 0.4) is 0 Å². The molecule has 2 heterocycles. The molecule has 1 aromatic rings. The number of alkyl halides is 3. The molecule has 0 aromatic carbocycles. The molecule has 18 heavy (non-hydrogen) atoms. The molecule has 0 radical (unpaired) electrons. The van der Waals surface area contributed by atoms with Gasteiger partial charge in [-0.1, -0.05) is 0 Å². The maximum absolute atomic E-state index is 12.3. The lowest BCUT2D eigenvalue weighted by Crippen LogP contribution is -2.29. The highest BCUT2D eigenvalue weighted by molar-refractivity contribution is 5.98. The molecule has 1 unspecified atom stereocenters. The molecule has 0 bridgehead atoms. The minimum atomic E-state index is -4.67. The van der Waals surface area contributed by atoms with E-state index in [1.807, 2.05) is 0 Å². The summed E-state index contributed by atoms with van der Waals surface area (Å²) in [6.45, 7) is -0.108. The number of halogens is 3. The second-order valence-electron chi connectivity index (χ2n) is 3.79. The van der Waals surface area contributed by atoms with Crippen molar-refractivity contribution >= 4 is 17.8 Å². The summed E-state index contributed by atoms with van der Waals surface area (Å²) in [6, 6.07) is 0. The quantitative estimate of drug-likeness (QED) is 0.761. The van der Waals surface area contributed by atoms with Crippen LogP contribution < -0.4 is 10.6 Å². The van der Waals surface area contributed by atoms with E-state index >= 15 is 0 Å².